The molecule has 1 heterocycles. The molecule has 1 rings (SSSR count). The summed E-state index contributed by atoms with van der Waals surface area (Å²) in [5.41, 5.74) is 0. The fraction of sp³-hybridized carbons (Fsp3) is 0.714. The number of nitrogens with one attached hydrogen (secondary N) is 2. The van der Waals surface area contributed by atoms with Crippen LogP contribution in [-0.2, 0) is 17.8 Å². The maximum absolute atomic E-state index is 5.02. The molecule has 0 fully saturated rings. The van der Waals surface area contributed by atoms with Crippen LogP contribution in [0.25, 0.3) is 0 Å². The number of hydrogen-bond donors (Lipinski definition) is 2. The van der Waals surface area contributed by atoms with Crippen molar-refractivity contribution in [2.24, 2.45) is 10.9 Å². The first-order valence-corrected chi connectivity index (χ1v) is 7.18. The topological polar surface area (TPSA) is 63.5 Å². The minimum absolute atomic E-state index is 0. The Hall–Kier alpha value is -0.830. The van der Waals surface area contributed by atoms with Gasteiger partial charge in [-0.05, 0) is 12.8 Å². The van der Waals surface area contributed by atoms with Crippen LogP contribution in [0, 0.1) is 5.92 Å². The van der Waals surface area contributed by atoms with E-state index in [1.165, 1.54) is 0 Å². The second kappa shape index (κ2) is 11.8. The standard InChI is InChI=1S/C14H27N5O.HI/c1-5-15-14(17-7-9-20-4)18-10-13-16-6-8-19(13)11-12(2)3;/h6,8,12H,5,7,9-11H2,1-4H3,(H2,15,17,18);1H. The Morgan fingerprint density at radius 1 is 1.43 bits per heavy atom. The number of halogens is 1. The Morgan fingerprint density at radius 3 is 2.81 bits per heavy atom. The molecule has 7 heteroatoms. The van der Waals surface area contributed by atoms with Gasteiger partial charge in [0.15, 0.2) is 5.96 Å². The highest BCUT2D eigenvalue weighted by Gasteiger charge is 2.04. The first-order chi connectivity index (χ1) is 9.67. The monoisotopic (exact) mass is 409 g/mol. The molecule has 1 aromatic heterocycles. The van der Waals surface area contributed by atoms with Crippen molar-refractivity contribution in [1.29, 1.82) is 0 Å². The van der Waals surface area contributed by atoms with E-state index >= 15 is 0 Å². The molecule has 122 valence electrons. The molecular formula is C14H28IN5O. The van der Waals surface area contributed by atoms with Crippen LogP contribution >= 0.6 is 24.0 Å². The summed E-state index contributed by atoms with van der Waals surface area (Å²) in [5.74, 6) is 2.38. The number of ether oxygens (including phenoxy) is 1. The van der Waals surface area contributed by atoms with Crippen molar-refractivity contribution in [3.63, 3.8) is 0 Å². The van der Waals surface area contributed by atoms with Gasteiger partial charge in [0, 0.05) is 39.1 Å². The summed E-state index contributed by atoms with van der Waals surface area (Å²) < 4.78 is 7.18. The quantitative estimate of drug-likeness (QED) is 0.298. The predicted octanol–water partition coefficient (Wildman–Crippen LogP) is 1.86. The number of hydrogen-bond acceptors (Lipinski definition) is 3. The normalized spacial score (nSPS) is 11.4. The average molecular weight is 409 g/mol. The molecule has 0 aliphatic heterocycles. The van der Waals surface area contributed by atoms with Crippen molar-refractivity contribution >= 4 is 29.9 Å². The van der Waals surface area contributed by atoms with E-state index in [-0.39, 0.29) is 24.0 Å². The molecule has 21 heavy (non-hydrogen) atoms. The van der Waals surface area contributed by atoms with Gasteiger partial charge in [0.1, 0.15) is 12.4 Å². The molecule has 0 aliphatic carbocycles. The molecule has 0 radical (unpaired) electrons. The van der Waals surface area contributed by atoms with Crippen LogP contribution in [0.5, 0.6) is 0 Å². The van der Waals surface area contributed by atoms with E-state index in [4.69, 9.17) is 4.74 Å². The van der Waals surface area contributed by atoms with E-state index in [0.717, 1.165) is 31.4 Å². The summed E-state index contributed by atoms with van der Waals surface area (Å²) in [7, 11) is 1.69. The van der Waals surface area contributed by atoms with Crippen molar-refractivity contribution in [2.75, 3.05) is 26.8 Å². The van der Waals surface area contributed by atoms with Gasteiger partial charge >= 0.3 is 0 Å². The van der Waals surface area contributed by atoms with Crippen LogP contribution in [0.15, 0.2) is 17.4 Å². The lowest BCUT2D eigenvalue weighted by atomic mass is 10.2. The average Bonchev–Trinajstić information content (AvgIpc) is 2.82. The molecule has 0 saturated carbocycles. The van der Waals surface area contributed by atoms with E-state index in [2.05, 4.69) is 39.0 Å². The first-order valence-electron chi connectivity index (χ1n) is 7.18. The van der Waals surface area contributed by atoms with Crippen LogP contribution in [0.2, 0.25) is 0 Å². The third kappa shape index (κ3) is 8.25. The molecule has 0 unspecified atom stereocenters. The van der Waals surface area contributed by atoms with Crippen LogP contribution in [0.3, 0.4) is 0 Å². The highest BCUT2D eigenvalue weighted by molar-refractivity contribution is 14.0. The number of aliphatic imine (C=N–C) groups is 1. The Morgan fingerprint density at radius 2 is 2.19 bits per heavy atom. The highest BCUT2D eigenvalue weighted by Crippen LogP contribution is 2.04. The molecule has 0 aromatic carbocycles. The smallest absolute Gasteiger partial charge is 0.191 e. The molecule has 0 atom stereocenters. The van der Waals surface area contributed by atoms with Gasteiger partial charge in [-0.25, -0.2) is 9.98 Å². The number of aromatic nitrogens is 2. The Labute approximate surface area is 144 Å². The summed E-state index contributed by atoms with van der Waals surface area (Å²) in [6, 6.07) is 0. The Balaban J connectivity index is 0.00000400. The summed E-state index contributed by atoms with van der Waals surface area (Å²) in [6.07, 6.45) is 3.84. The van der Waals surface area contributed by atoms with E-state index in [1.54, 1.807) is 7.11 Å². The molecular weight excluding hydrogens is 381 g/mol. The predicted molar refractivity (Wildman–Crippen MR) is 97.2 cm³/mol. The zero-order valence-corrected chi connectivity index (χ0v) is 15.8. The third-order valence-electron chi connectivity index (χ3n) is 2.68. The lowest BCUT2D eigenvalue weighted by molar-refractivity contribution is 0.203. The van der Waals surface area contributed by atoms with Gasteiger partial charge in [-0.2, -0.15) is 0 Å². The molecule has 0 amide bonds. The zero-order chi connectivity index (χ0) is 14.8. The number of guanidine groups is 1. The summed E-state index contributed by atoms with van der Waals surface area (Å²) in [4.78, 5) is 8.92. The minimum Gasteiger partial charge on any atom is -0.383 e. The van der Waals surface area contributed by atoms with Gasteiger partial charge in [-0.3, -0.25) is 0 Å². The van der Waals surface area contributed by atoms with Crippen molar-refractivity contribution in [1.82, 2.24) is 20.2 Å². The number of methoxy groups -OCH3 is 1. The molecule has 0 spiro atoms. The maximum atomic E-state index is 5.02. The lowest BCUT2D eigenvalue weighted by Gasteiger charge is -2.12. The molecule has 6 nitrogen and oxygen atoms in total. The SMILES string of the molecule is CCNC(=NCc1nccn1CC(C)C)NCCOC.I. The molecule has 1 aromatic rings. The molecule has 2 N–H and O–H groups in total. The van der Waals surface area contributed by atoms with E-state index in [1.807, 2.05) is 19.3 Å². The summed E-state index contributed by atoms with van der Waals surface area (Å²) >= 11 is 0. The Bertz CT molecular complexity index is 406. The fourth-order valence-corrected chi connectivity index (χ4v) is 1.81. The first kappa shape index (κ1) is 20.2. The molecule has 0 aliphatic rings. The third-order valence-corrected chi connectivity index (χ3v) is 2.68. The van der Waals surface area contributed by atoms with Crippen molar-refractivity contribution in [3.05, 3.63) is 18.2 Å². The van der Waals surface area contributed by atoms with E-state index < -0.39 is 0 Å². The molecule has 0 saturated heterocycles. The second-order valence-electron chi connectivity index (χ2n) is 5.00. The van der Waals surface area contributed by atoms with Gasteiger partial charge in [0.2, 0.25) is 0 Å². The van der Waals surface area contributed by atoms with Crippen molar-refractivity contribution in [2.45, 2.75) is 33.9 Å². The largest absolute Gasteiger partial charge is 0.383 e. The number of rotatable bonds is 8. The lowest BCUT2D eigenvalue weighted by Crippen LogP contribution is -2.38. The fourth-order valence-electron chi connectivity index (χ4n) is 1.81. The van der Waals surface area contributed by atoms with Gasteiger partial charge < -0.3 is 19.9 Å². The van der Waals surface area contributed by atoms with Gasteiger partial charge in [-0.1, -0.05) is 13.8 Å². The molecule has 0 bridgehead atoms. The van der Waals surface area contributed by atoms with Crippen LogP contribution in [-0.4, -0.2) is 42.3 Å². The Kier molecular flexibility index (Phi) is 11.3. The highest BCUT2D eigenvalue weighted by atomic mass is 127. The summed E-state index contributed by atoms with van der Waals surface area (Å²) in [5, 5.41) is 6.43. The van der Waals surface area contributed by atoms with Gasteiger partial charge in [0.05, 0.1) is 6.61 Å². The van der Waals surface area contributed by atoms with Crippen molar-refractivity contribution in [3.8, 4) is 0 Å². The number of imidazole rings is 1. The van der Waals surface area contributed by atoms with Gasteiger partial charge in [0.25, 0.3) is 0 Å². The van der Waals surface area contributed by atoms with Gasteiger partial charge in [-0.15, -0.1) is 24.0 Å². The minimum atomic E-state index is 0. The van der Waals surface area contributed by atoms with Crippen LogP contribution in [0.1, 0.15) is 26.6 Å². The number of nitrogens with zero attached hydrogens (tertiary/aromatic N) is 3. The van der Waals surface area contributed by atoms with Crippen LogP contribution in [0.4, 0.5) is 0 Å². The maximum Gasteiger partial charge on any atom is 0.191 e. The van der Waals surface area contributed by atoms with E-state index in [9.17, 15) is 0 Å². The van der Waals surface area contributed by atoms with Crippen LogP contribution < -0.4 is 10.6 Å². The van der Waals surface area contributed by atoms with E-state index in [0.29, 0.717) is 19.1 Å². The van der Waals surface area contributed by atoms with Crippen molar-refractivity contribution < 1.29 is 4.74 Å². The second-order valence-corrected chi connectivity index (χ2v) is 5.00. The summed E-state index contributed by atoms with van der Waals surface area (Å²) in [6.45, 7) is 10.2. The zero-order valence-electron chi connectivity index (χ0n) is 13.4.